The van der Waals surface area contributed by atoms with Crippen molar-refractivity contribution < 1.29 is 4.79 Å². The number of benzene rings is 1. The normalized spacial score (nSPS) is 15.8. The van der Waals surface area contributed by atoms with Crippen molar-refractivity contribution in [2.24, 2.45) is 0 Å². The van der Waals surface area contributed by atoms with Gasteiger partial charge in [-0.2, -0.15) is 0 Å². The molecule has 3 rings (SSSR count). The molecule has 1 aromatic heterocycles. The highest BCUT2D eigenvalue weighted by atomic mass is 16.2. The van der Waals surface area contributed by atoms with Crippen LogP contribution in [0.25, 0.3) is 0 Å². The predicted octanol–water partition coefficient (Wildman–Crippen LogP) is 2.35. The summed E-state index contributed by atoms with van der Waals surface area (Å²) in [5.74, 6) is 0.0862. The topological polar surface area (TPSA) is 36.4 Å². The average molecular weight is 295 g/mol. The lowest BCUT2D eigenvalue weighted by atomic mass is 10.1. The van der Waals surface area contributed by atoms with E-state index < -0.39 is 0 Å². The van der Waals surface area contributed by atoms with Crippen molar-refractivity contribution in [2.75, 3.05) is 26.2 Å². The Morgan fingerprint density at radius 3 is 2.45 bits per heavy atom. The van der Waals surface area contributed by atoms with Crippen LogP contribution in [0.4, 0.5) is 0 Å². The van der Waals surface area contributed by atoms with Gasteiger partial charge in [0.25, 0.3) is 5.91 Å². The first kappa shape index (κ1) is 14.7. The van der Waals surface area contributed by atoms with E-state index in [0.717, 1.165) is 32.7 Å². The lowest BCUT2D eigenvalue weighted by Gasteiger charge is -2.34. The first-order chi connectivity index (χ1) is 10.7. The van der Waals surface area contributed by atoms with Crippen LogP contribution in [0.15, 0.2) is 48.8 Å². The number of hydrogen-bond donors (Lipinski definition) is 0. The van der Waals surface area contributed by atoms with Crippen molar-refractivity contribution in [1.29, 1.82) is 0 Å². The van der Waals surface area contributed by atoms with E-state index in [1.807, 2.05) is 11.0 Å². The quantitative estimate of drug-likeness (QED) is 0.872. The molecule has 0 radical (unpaired) electrons. The molecule has 114 valence electrons. The number of carbonyl (C=O) groups is 1. The molecule has 2 heterocycles. The van der Waals surface area contributed by atoms with Crippen molar-refractivity contribution >= 4 is 5.91 Å². The fourth-order valence-corrected chi connectivity index (χ4v) is 2.73. The van der Waals surface area contributed by atoms with Crippen molar-refractivity contribution in [3.8, 4) is 0 Å². The van der Waals surface area contributed by atoms with E-state index >= 15 is 0 Å². The zero-order valence-electron chi connectivity index (χ0n) is 12.9. The lowest BCUT2D eigenvalue weighted by molar-refractivity contribution is 0.0628. The Hall–Kier alpha value is -2.20. The highest BCUT2D eigenvalue weighted by molar-refractivity contribution is 5.93. The highest BCUT2D eigenvalue weighted by Crippen LogP contribution is 2.12. The molecule has 4 nitrogen and oxygen atoms in total. The number of hydrogen-bond acceptors (Lipinski definition) is 3. The molecule has 1 aliphatic rings. The lowest BCUT2D eigenvalue weighted by Crippen LogP contribution is -2.48. The first-order valence-electron chi connectivity index (χ1n) is 7.69. The summed E-state index contributed by atoms with van der Waals surface area (Å²) in [5.41, 5.74) is 3.29. The Labute approximate surface area is 131 Å². The molecule has 4 heteroatoms. The number of amides is 1. The van der Waals surface area contributed by atoms with E-state index in [0.29, 0.717) is 5.56 Å². The summed E-state index contributed by atoms with van der Waals surface area (Å²) < 4.78 is 0. The summed E-state index contributed by atoms with van der Waals surface area (Å²) in [6.07, 6.45) is 3.33. The van der Waals surface area contributed by atoms with Gasteiger partial charge in [0.2, 0.25) is 0 Å². The second kappa shape index (κ2) is 6.71. The molecule has 1 saturated heterocycles. The standard InChI is InChI=1S/C18H21N3O/c1-15-4-6-16(7-5-15)14-20-9-11-21(12-10-20)18(22)17-3-2-8-19-13-17/h2-8,13H,9-12,14H2,1H3. The molecule has 1 amide bonds. The molecule has 1 aromatic carbocycles. The molecular weight excluding hydrogens is 274 g/mol. The third-order valence-corrected chi connectivity index (χ3v) is 4.09. The fourth-order valence-electron chi connectivity index (χ4n) is 2.73. The summed E-state index contributed by atoms with van der Waals surface area (Å²) in [6.45, 7) is 6.45. The van der Waals surface area contributed by atoms with E-state index in [1.165, 1.54) is 11.1 Å². The third kappa shape index (κ3) is 3.52. The summed E-state index contributed by atoms with van der Waals surface area (Å²) in [7, 11) is 0. The van der Waals surface area contributed by atoms with Crippen LogP contribution in [0.1, 0.15) is 21.5 Å². The second-order valence-corrected chi connectivity index (χ2v) is 5.80. The van der Waals surface area contributed by atoms with E-state index in [1.54, 1.807) is 18.5 Å². The van der Waals surface area contributed by atoms with Gasteiger partial charge in [0, 0.05) is 45.1 Å². The van der Waals surface area contributed by atoms with Crippen LogP contribution in [0.3, 0.4) is 0 Å². The number of pyridine rings is 1. The number of aromatic nitrogens is 1. The minimum atomic E-state index is 0.0862. The summed E-state index contributed by atoms with van der Waals surface area (Å²) in [5, 5.41) is 0. The Morgan fingerprint density at radius 1 is 1.09 bits per heavy atom. The van der Waals surface area contributed by atoms with E-state index in [9.17, 15) is 4.79 Å². The predicted molar refractivity (Wildman–Crippen MR) is 86.6 cm³/mol. The van der Waals surface area contributed by atoms with Gasteiger partial charge in [0.1, 0.15) is 0 Å². The van der Waals surface area contributed by atoms with Gasteiger partial charge in [-0.1, -0.05) is 29.8 Å². The van der Waals surface area contributed by atoms with Crippen molar-refractivity contribution in [1.82, 2.24) is 14.8 Å². The van der Waals surface area contributed by atoms with Crippen LogP contribution in [-0.4, -0.2) is 46.9 Å². The molecule has 0 N–H and O–H groups in total. The SMILES string of the molecule is Cc1ccc(CN2CCN(C(=O)c3cccnc3)CC2)cc1. The van der Waals surface area contributed by atoms with Crippen LogP contribution in [0.2, 0.25) is 0 Å². The van der Waals surface area contributed by atoms with E-state index in [-0.39, 0.29) is 5.91 Å². The molecule has 2 aromatic rings. The maximum atomic E-state index is 12.4. The van der Waals surface area contributed by atoms with Gasteiger partial charge in [0.05, 0.1) is 5.56 Å². The third-order valence-electron chi connectivity index (χ3n) is 4.09. The highest BCUT2D eigenvalue weighted by Gasteiger charge is 2.22. The zero-order valence-corrected chi connectivity index (χ0v) is 12.9. The van der Waals surface area contributed by atoms with Gasteiger partial charge < -0.3 is 4.90 Å². The summed E-state index contributed by atoms with van der Waals surface area (Å²) in [6, 6.07) is 12.3. The molecule has 0 spiro atoms. The molecule has 22 heavy (non-hydrogen) atoms. The van der Waals surface area contributed by atoms with Crippen molar-refractivity contribution in [3.63, 3.8) is 0 Å². The van der Waals surface area contributed by atoms with Crippen LogP contribution >= 0.6 is 0 Å². The van der Waals surface area contributed by atoms with E-state index in [4.69, 9.17) is 0 Å². The van der Waals surface area contributed by atoms with Crippen LogP contribution in [-0.2, 0) is 6.54 Å². The smallest absolute Gasteiger partial charge is 0.255 e. The second-order valence-electron chi connectivity index (χ2n) is 5.80. The molecule has 1 fully saturated rings. The molecule has 0 saturated carbocycles. The Balaban J connectivity index is 1.54. The maximum Gasteiger partial charge on any atom is 0.255 e. The molecule has 0 aliphatic carbocycles. The summed E-state index contributed by atoms with van der Waals surface area (Å²) >= 11 is 0. The van der Waals surface area contributed by atoms with Gasteiger partial charge in [-0.15, -0.1) is 0 Å². The zero-order chi connectivity index (χ0) is 15.4. The Bertz CT molecular complexity index is 617. The Morgan fingerprint density at radius 2 is 1.82 bits per heavy atom. The van der Waals surface area contributed by atoms with Crippen LogP contribution in [0.5, 0.6) is 0 Å². The number of rotatable bonds is 3. The average Bonchev–Trinajstić information content (AvgIpc) is 2.58. The monoisotopic (exact) mass is 295 g/mol. The maximum absolute atomic E-state index is 12.4. The van der Waals surface area contributed by atoms with Crippen molar-refractivity contribution in [2.45, 2.75) is 13.5 Å². The number of aryl methyl sites for hydroxylation is 1. The largest absolute Gasteiger partial charge is 0.336 e. The minimum Gasteiger partial charge on any atom is -0.336 e. The van der Waals surface area contributed by atoms with Gasteiger partial charge >= 0.3 is 0 Å². The van der Waals surface area contributed by atoms with Gasteiger partial charge in [-0.3, -0.25) is 14.7 Å². The Kier molecular flexibility index (Phi) is 4.49. The minimum absolute atomic E-state index is 0.0862. The molecule has 0 unspecified atom stereocenters. The fraction of sp³-hybridized carbons (Fsp3) is 0.333. The van der Waals surface area contributed by atoms with E-state index in [2.05, 4.69) is 41.1 Å². The van der Waals surface area contributed by atoms with Gasteiger partial charge in [-0.25, -0.2) is 0 Å². The molecular formula is C18H21N3O. The molecule has 1 aliphatic heterocycles. The van der Waals surface area contributed by atoms with Gasteiger partial charge in [0.15, 0.2) is 0 Å². The number of nitrogens with zero attached hydrogens (tertiary/aromatic N) is 3. The van der Waals surface area contributed by atoms with Crippen LogP contribution < -0.4 is 0 Å². The number of piperazine rings is 1. The number of carbonyl (C=O) groups excluding carboxylic acids is 1. The molecule has 0 bridgehead atoms. The molecule has 0 atom stereocenters. The summed E-state index contributed by atoms with van der Waals surface area (Å²) in [4.78, 5) is 20.7. The van der Waals surface area contributed by atoms with Crippen LogP contribution in [0, 0.1) is 6.92 Å². The first-order valence-corrected chi connectivity index (χ1v) is 7.69. The van der Waals surface area contributed by atoms with Gasteiger partial charge in [-0.05, 0) is 24.6 Å². The van der Waals surface area contributed by atoms with Crippen molar-refractivity contribution in [3.05, 3.63) is 65.5 Å².